The van der Waals surface area contributed by atoms with E-state index in [9.17, 15) is 14.4 Å². The molecule has 2 rings (SSSR count). The van der Waals surface area contributed by atoms with E-state index in [0.717, 1.165) is 0 Å². The number of nitrogens with one attached hydrogen (secondary N) is 2. The predicted octanol–water partition coefficient (Wildman–Crippen LogP) is 2.95. The summed E-state index contributed by atoms with van der Waals surface area (Å²) in [6.45, 7) is 2.79. The third-order valence-electron chi connectivity index (χ3n) is 3.54. The van der Waals surface area contributed by atoms with E-state index < -0.39 is 24.0 Å². The van der Waals surface area contributed by atoms with Crippen molar-refractivity contribution in [2.24, 2.45) is 0 Å². The largest absolute Gasteiger partial charge is 0.480 e. The first-order valence-electron chi connectivity index (χ1n) is 8.03. The predicted molar refractivity (Wildman–Crippen MR) is 101 cm³/mol. The lowest BCUT2D eigenvalue weighted by atomic mass is 10.1. The van der Waals surface area contributed by atoms with E-state index in [4.69, 9.17) is 21.4 Å². The van der Waals surface area contributed by atoms with E-state index in [-0.39, 0.29) is 11.5 Å². The standard InChI is InChI=1S/C19H19ClN2O5/c1-19(2,27-15-9-5-13(20)6-10-15)18(26)22-14-7-3-12(4-8-14)17(25)21-11-16(23)24/h3-10H,11H2,1-2H3,(H,21,25)(H,22,26)(H,23,24). The van der Waals surface area contributed by atoms with Gasteiger partial charge in [-0.15, -0.1) is 0 Å². The summed E-state index contributed by atoms with van der Waals surface area (Å²) >= 11 is 5.83. The smallest absolute Gasteiger partial charge is 0.322 e. The second kappa shape index (κ2) is 8.55. The quantitative estimate of drug-likeness (QED) is 0.674. The van der Waals surface area contributed by atoms with E-state index in [0.29, 0.717) is 16.5 Å². The Balaban J connectivity index is 1.98. The molecule has 0 bridgehead atoms. The fraction of sp³-hybridized carbons (Fsp3) is 0.211. The molecule has 0 saturated heterocycles. The van der Waals surface area contributed by atoms with Crippen LogP contribution in [0.2, 0.25) is 5.02 Å². The first kappa shape index (κ1) is 20.3. The molecule has 2 amide bonds. The maximum absolute atomic E-state index is 12.5. The average Bonchev–Trinajstić information content (AvgIpc) is 2.62. The van der Waals surface area contributed by atoms with Crippen LogP contribution >= 0.6 is 11.6 Å². The van der Waals surface area contributed by atoms with Crippen LogP contribution < -0.4 is 15.4 Å². The van der Waals surface area contributed by atoms with Crippen LogP contribution in [0.4, 0.5) is 5.69 Å². The Bertz CT molecular complexity index is 832. The number of anilines is 1. The number of carboxylic acids is 1. The number of rotatable bonds is 7. The second-order valence-corrected chi connectivity index (χ2v) is 6.61. The van der Waals surface area contributed by atoms with Gasteiger partial charge in [0.15, 0.2) is 5.60 Å². The Morgan fingerprint density at radius 2 is 1.63 bits per heavy atom. The molecular formula is C19H19ClN2O5. The van der Waals surface area contributed by atoms with Crippen molar-refractivity contribution in [3.8, 4) is 5.75 Å². The molecule has 0 aromatic heterocycles. The SMILES string of the molecule is CC(C)(Oc1ccc(Cl)cc1)C(=O)Nc1ccc(C(=O)NCC(=O)O)cc1. The van der Waals surface area contributed by atoms with Gasteiger partial charge >= 0.3 is 5.97 Å². The number of halogens is 1. The number of carboxylic acid groups (broad SMARTS) is 1. The van der Waals surface area contributed by atoms with Gasteiger partial charge in [-0.05, 0) is 62.4 Å². The van der Waals surface area contributed by atoms with E-state index >= 15 is 0 Å². The molecule has 0 radical (unpaired) electrons. The van der Waals surface area contributed by atoms with Crippen LogP contribution in [-0.4, -0.2) is 35.0 Å². The number of aliphatic carboxylic acids is 1. The molecule has 0 aliphatic heterocycles. The van der Waals surface area contributed by atoms with Crippen LogP contribution in [0.25, 0.3) is 0 Å². The van der Waals surface area contributed by atoms with Crippen molar-refractivity contribution in [3.05, 3.63) is 59.1 Å². The summed E-state index contributed by atoms with van der Waals surface area (Å²) in [6.07, 6.45) is 0. The molecule has 27 heavy (non-hydrogen) atoms. The molecule has 0 heterocycles. The number of benzene rings is 2. The monoisotopic (exact) mass is 390 g/mol. The fourth-order valence-electron chi connectivity index (χ4n) is 2.09. The summed E-state index contributed by atoms with van der Waals surface area (Å²) in [4.78, 5) is 34.7. The molecule has 0 saturated carbocycles. The lowest BCUT2D eigenvalue weighted by Gasteiger charge is -2.25. The molecule has 0 fully saturated rings. The highest BCUT2D eigenvalue weighted by molar-refractivity contribution is 6.30. The molecule has 3 N–H and O–H groups in total. The van der Waals surface area contributed by atoms with Gasteiger partial charge in [-0.1, -0.05) is 11.6 Å². The van der Waals surface area contributed by atoms with Gasteiger partial charge in [0.05, 0.1) is 0 Å². The normalized spacial score (nSPS) is 10.8. The van der Waals surface area contributed by atoms with Gasteiger partial charge in [0.1, 0.15) is 12.3 Å². The molecule has 7 nitrogen and oxygen atoms in total. The Kier molecular flexibility index (Phi) is 6.41. The van der Waals surface area contributed by atoms with Gasteiger partial charge < -0.3 is 20.5 Å². The summed E-state index contributed by atoms with van der Waals surface area (Å²) in [5.41, 5.74) is -0.390. The Hall–Kier alpha value is -3.06. The molecule has 0 unspecified atom stereocenters. The summed E-state index contributed by atoms with van der Waals surface area (Å²) in [5, 5.41) is 14.1. The van der Waals surface area contributed by atoms with Crippen molar-refractivity contribution >= 4 is 35.1 Å². The third kappa shape index (κ3) is 6.00. The van der Waals surface area contributed by atoms with Crippen LogP contribution in [0.5, 0.6) is 5.75 Å². The van der Waals surface area contributed by atoms with E-state index in [1.54, 1.807) is 50.2 Å². The van der Waals surface area contributed by atoms with Crippen LogP contribution in [-0.2, 0) is 9.59 Å². The second-order valence-electron chi connectivity index (χ2n) is 6.17. The van der Waals surface area contributed by atoms with Crippen LogP contribution in [0, 0.1) is 0 Å². The molecule has 0 atom stereocenters. The first-order valence-corrected chi connectivity index (χ1v) is 8.41. The first-order chi connectivity index (χ1) is 12.7. The summed E-state index contributed by atoms with van der Waals surface area (Å²) in [7, 11) is 0. The molecule has 0 aliphatic carbocycles. The average molecular weight is 391 g/mol. The van der Waals surface area contributed by atoms with Crippen LogP contribution in [0.3, 0.4) is 0 Å². The van der Waals surface area contributed by atoms with E-state index in [2.05, 4.69) is 10.6 Å². The maximum Gasteiger partial charge on any atom is 0.322 e. The number of hydrogen-bond donors (Lipinski definition) is 3. The fourth-order valence-corrected chi connectivity index (χ4v) is 2.21. The van der Waals surface area contributed by atoms with Crippen molar-refractivity contribution in [2.45, 2.75) is 19.4 Å². The van der Waals surface area contributed by atoms with Gasteiger partial charge in [-0.2, -0.15) is 0 Å². The number of amides is 2. The zero-order chi connectivity index (χ0) is 20.0. The minimum atomic E-state index is -1.15. The number of carbonyl (C=O) groups excluding carboxylic acids is 2. The summed E-state index contributed by atoms with van der Waals surface area (Å²) in [5.74, 6) is -1.51. The molecule has 2 aromatic carbocycles. The highest BCUT2D eigenvalue weighted by atomic mass is 35.5. The lowest BCUT2D eigenvalue weighted by Crippen LogP contribution is -2.42. The number of carbonyl (C=O) groups is 3. The van der Waals surface area contributed by atoms with Crippen molar-refractivity contribution in [1.29, 1.82) is 0 Å². The van der Waals surface area contributed by atoms with E-state index in [1.165, 1.54) is 12.1 Å². The Morgan fingerprint density at radius 1 is 1.04 bits per heavy atom. The Labute approximate surface area is 161 Å². The van der Waals surface area contributed by atoms with Crippen molar-refractivity contribution < 1.29 is 24.2 Å². The van der Waals surface area contributed by atoms with Crippen molar-refractivity contribution in [3.63, 3.8) is 0 Å². The molecule has 0 aliphatic rings. The summed E-state index contributed by atoms with van der Waals surface area (Å²) in [6, 6.07) is 12.7. The minimum absolute atomic E-state index is 0.283. The molecule has 142 valence electrons. The number of hydrogen-bond acceptors (Lipinski definition) is 4. The summed E-state index contributed by atoms with van der Waals surface area (Å²) < 4.78 is 5.72. The van der Waals surface area contributed by atoms with Gasteiger partial charge in [-0.3, -0.25) is 14.4 Å². The topological polar surface area (TPSA) is 105 Å². The van der Waals surface area contributed by atoms with Gasteiger partial charge in [0.2, 0.25) is 0 Å². The molecule has 8 heteroatoms. The van der Waals surface area contributed by atoms with Crippen LogP contribution in [0.1, 0.15) is 24.2 Å². The maximum atomic E-state index is 12.5. The highest BCUT2D eigenvalue weighted by Crippen LogP contribution is 2.22. The van der Waals surface area contributed by atoms with Crippen molar-refractivity contribution in [1.82, 2.24) is 5.32 Å². The third-order valence-corrected chi connectivity index (χ3v) is 3.79. The zero-order valence-electron chi connectivity index (χ0n) is 14.8. The molecule has 2 aromatic rings. The minimum Gasteiger partial charge on any atom is -0.480 e. The zero-order valence-corrected chi connectivity index (χ0v) is 15.5. The van der Waals surface area contributed by atoms with Crippen molar-refractivity contribution in [2.75, 3.05) is 11.9 Å². The highest BCUT2D eigenvalue weighted by Gasteiger charge is 2.30. The molecule has 0 spiro atoms. The van der Waals surface area contributed by atoms with Crippen LogP contribution in [0.15, 0.2) is 48.5 Å². The number of ether oxygens (including phenoxy) is 1. The molecular weight excluding hydrogens is 372 g/mol. The van der Waals surface area contributed by atoms with Gasteiger partial charge in [-0.25, -0.2) is 0 Å². The lowest BCUT2D eigenvalue weighted by molar-refractivity contribution is -0.135. The van der Waals surface area contributed by atoms with Gasteiger partial charge in [0, 0.05) is 16.3 Å². The van der Waals surface area contributed by atoms with E-state index in [1.807, 2.05) is 0 Å². The van der Waals surface area contributed by atoms with Gasteiger partial charge in [0.25, 0.3) is 11.8 Å². The Morgan fingerprint density at radius 3 is 2.19 bits per heavy atom.